The molecule has 0 bridgehead atoms. The third-order valence-corrected chi connectivity index (χ3v) is 4.92. The molecule has 1 heterocycles. The average molecular weight is 396 g/mol. The lowest BCUT2D eigenvalue weighted by Crippen LogP contribution is -2.24. The van der Waals surface area contributed by atoms with E-state index in [0.717, 1.165) is 22.4 Å². The van der Waals surface area contributed by atoms with Crippen LogP contribution in [-0.2, 0) is 20.2 Å². The maximum atomic E-state index is 12.6. The third kappa shape index (κ3) is 4.01. The number of nitriles is 1. The predicted octanol–water partition coefficient (Wildman–Crippen LogP) is 3.95. The van der Waals surface area contributed by atoms with Gasteiger partial charge in [0.05, 0.1) is 29.2 Å². The molecule has 0 aliphatic carbocycles. The number of ether oxygens (including phenoxy) is 1. The van der Waals surface area contributed by atoms with Crippen LogP contribution in [0.3, 0.4) is 0 Å². The maximum Gasteiger partial charge on any atom is 0.251 e. The Hall–Kier alpha value is -4.11. The molecule has 1 N–H and O–H groups in total. The standard InChI is InChI=1S/C24H20N4O2/c1-28-22-12-5-4-11-21(22)27-23(28)15-26-24(29)17-9-6-10-20(13-17)30-16-19-8-3-2-7-18(19)14-25/h2-13H,15-16H2,1H3,(H,26,29). The van der Waals surface area contributed by atoms with E-state index in [0.29, 0.717) is 23.4 Å². The summed E-state index contributed by atoms with van der Waals surface area (Å²) in [6.07, 6.45) is 0. The number of carbonyl (C=O) groups is 1. The summed E-state index contributed by atoms with van der Waals surface area (Å²) < 4.78 is 7.77. The molecule has 6 heteroatoms. The van der Waals surface area contributed by atoms with E-state index < -0.39 is 0 Å². The van der Waals surface area contributed by atoms with Crippen molar-refractivity contribution >= 4 is 16.9 Å². The summed E-state index contributed by atoms with van der Waals surface area (Å²) in [5.74, 6) is 1.15. The number of aryl methyl sites for hydroxylation is 1. The summed E-state index contributed by atoms with van der Waals surface area (Å²) in [7, 11) is 1.93. The van der Waals surface area contributed by atoms with Crippen LogP contribution in [0, 0.1) is 11.3 Å². The van der Waals surface area contributed by atoms with Gasteiger partial charge in [-0.1, -0.05) is 36.4 Å². The SMILES string of the molecule is Cn1c(CNC(=O)c2cccc(OCc3ccccc3C#N)c2)nc2ccccc21. The minimum atomic E-state index is -0.204. The van der Waals surface area contributed by atoms with Crippen molar-refractivity contribution in [2.45, 2.75) is 13.2 Å². The molecule has 0 fully saturated rings. The number of aromatic nitrogens is 2. The van der Waals surface area contributed by atoms with Crippen molar-refractivity contribution in [2.75, 3.05) is 0 Å². The summed E-state index contributed by atoms with van der Waals surface area (Å²) in [5, 5.41) is 12.1. The molecule has 148 valence electrons. The molecule has 0 saturated carbocycles. The second-order valence-electron chi connectivity index (χ2n) is 6.84. The Balaban J connectivity index is 1.42. The number of fused-ring (bicyclic) bond motifs is 1. The van der Waals surface area contributed by atoms with Gasteiger partial charge in [-0.15, -0.1) is 0 Å². The molecule has 0 spiro atoms. The number of rotatable bonds is 6. The minimum Gasteiger partial charge on any atom is -0.489 e. The van der Waals surface area contributed by atoms with Crippen LogP contribution in [0.4, 0.5) is 0 Å². The highest BCUT2D eigenvalue weighted by atomic mass is 16.5. The lowest BCUT2D eigenvalue weighted by molar-refractivity contribution is 0.0949. The highest BCUT2D eigenvalue weighted by Gasteiger charge is 2.11. The van der Waals surface area contributed by atoms with E-state index in [1.807, 2.05) is 54.1 Å². The summed E-state index contributed by atoms with van der Waals surface area (Å²) in [6.45, 7) is 0.583. The smallest absolute Gasteiger partial charge is 0.251 e. The van der Waals surface area contributed by atoms with Gasteiger partial charge in [-0.2, -0.15) is 5.26 Å². The van der Waals surface area contributed by atoms with Crippen molar-refractivity contribution < 1.29 is 9.53 Å². The van der Waals surface area contributed by atoms with Crippen LogP contribution in [-0.4, -0.2) is 15.5 Å². The number of para-hydroxylation sites is 2. The average Bonchev–Trinajstić information content (AvgIpc) is 3.12. The van der Waals surface area contributed by atoms with E-state index in [1.165, 1.54) is 0 Å². The van der Waals surface area contributed by atoms with Crippen molar-refractivity contribution in [1.82, 2.24) is 14.9 Å². The van der Waals surface area contributed by atoms with Crippen LogP contribution in [0.15, 0.2) is 72.8 Å². The van der Waals surface area contributed by atoms with Crippen LogP contribution in [0.5, 0.6) is 5.75 Å². The van der Waals surface area contributed by atoms with E-state index in [2.05, 4.69) is 16.4 Å². The Kier molecular flexibility index (Phi) is 5.44. The molecular weight excluding hydrogens is 376 g/mol. The zero-order valence-electron chi connectivity index (χ0n) is 16.5. The highest BCUT2D eigenvalue weighted by Crippen LogP contribution is 2.17. The molecule has 1 aromatic heterocycles. The number of hydrogen-bond donors (Lipinski definition) is 1. The Labute approximate surface area is 174 Å². The summed E-state index contributed by atoms with van der Waals surface area (Å²) in [5.41, 5.74) is 3.80. The molecule has 0 unspecified atom stereocenters. The molecule has 3 aromatic carbocycles. The largest absolute Gasteiger partial charge is 0.489 e. The van der Waals surface area contributed by atoms with E-state index in [9.17, 15) is 10.1 Å². The van der Waals surface area contributed by atoms with Crippen LogP contribution in [0.25, 0.3) is 11.0 Å². The molecule has 6 nitrogen and oxygen atoms in total. The highest BCUT2D eigenvalue weighted by molar-refractivity contribution is 5.94. The maximum absolute atomic E-state index is 12.6. The molecule has 4 aromatic rings. The van der Waals surface area contributed by atoms with Gasteiger partial charge in [-0.05, 0) is 36.4 Å². The molecule has 0 aliphatic rings. The van der Waals surface area contributed by atoms with Crippen LogP contribution in [0.2, 0.25) is 0 Å². The lowest BCUT2D eigenvalue weighted by Gasteiger charge is -2.10. The first-order valence-electron chi connectivity index (χ1n) is 9.55. The molecule has 0 saturated heterocycles. The zero-order valence-corrected chi connectivity index (χ0v) is 16.5. The number of imidazole rings is 1. The number of amides is 1. The van der Waals surface area contributed by atoms with Gasteiger partial charge in [0.1, 0.15) is 18.2 Å². The van der Waals surface area contributed by atoms with Gasteiger partial charge in [0, 0.05) is 18.2 Å². The van der Waals surface area contributed by atoms with Gasteiger partial charge in [0.25, 0.3) is 5.91 Å². The fourth-order valence-corrected chi connectivity index (χ4v) is 3.26. The Morgan fingerprint density at radius 2 is 1.90 bits per heavy atom. The number of nitrogens with one attached hydrogen (secondary N) is 1. The van der Waals surface area contributed by atoms with Gasteiger partial charge >= 0.3 is 0 Å². The van der Waals surface area contributed by atoms with E-state index >= 15 is 0 Å². The molecule has 30 heavy (non-hydrogen) atoms. The van der Waals surface area contributed by atoms with Crippen molar-refractivity contribution in [3.05, 3.63) is 95.3 Å². The minimum absolute atomic E-state index is 0.204. The number of nitrogens with zero attached hydrogens (tertiary/aromatic N) is 3. The first-order chi connectivity index (χ1) is 14.7. The number of hydrogen-bond acceptors (Lipinski definition) is 4. The summed E-state index contributed by atoms with van der Waals surface area (Å²) in [4.78, 5) is 17.2. The lowest BCUT2D eigenvalue weighted by atomic mass is 10.1. The van der Waals surface area contributed by atoms with Crippen LogP contribution < -0.4 is 10.1 Å². The number of carbonyl (C=O) groups excluding carboxylic acids is 1. The van der Waals surface area contributed by atoms with Gasteiger partial charge in [-0.25, -0.2) is 4.98 Å². The first kappa shape index (κ1) is 19.2. The Bertz CT molecular complexity index is 1250. The van der Waals surface area contributed by atoms with Gasteiger partial charge < -0.3 is 14.6 Å². The molecule has 0 radical (unpaired) electrons. The van der Waals surface area contributed by atoms with E-state index in [1.54, 1.807) is 30.3 Å². The molecule has 4 rings (SSSR count). The second kappa shape index (κ2) is 8.50. The number of benzene rings is 3. The van der Waals surface area contributed by atoms with Crippen molar-refractivity contribution in [3.8, 4) is 11.8 Å². The predicted molar refractivity (Wildman–Crippen MR) is 114 cm³/mol. The van der Waals surface area contributed by atoms with Gasteiger partial charge in [0.15, 0.2) is 0 Å². The quantitative estimate of drug-likeness (QED) is 0.535. The van der Waals surface area contributed by atoms with Crippen molar-refractivity contribution in [2.24, 2.45) is 7.05 Å². The van der Waals surface area contributed by atoms with Crippen molar-refractivity contribution in [3.63, 3.8) is 0 Å². The van der Waals surface area contributed by atoms with Crippen LogP contribution in [0.1, 0.15) is 27.3 Å². The van der Waals surface area contributed by atoms with Crippen LogP contribution >= 0.6 is 0 Å². The van der Waals surface area contributed by atoms with Gasteiger partial charge in [0.2, 0.25) is 0 Å². The molecule has 1 amide bonds. The third-order valence-electron chi connectivity index (χ3n) is 4.92. The Morgan fingerprint density at radius 1 is 1.10 bits per heavy atom. The van der Waals surface area contributed by atoms with E-state index in [4.69, 9.17) is 4.74 Å². The summed E-state index contributed by atoms with van der Waals surface area (Å²) in [6, 6.07) is 24.3. The van der Waals surface area contributed by atoms with Gasteiger partial charge in [-0.3, -0.25) is 4.79 Å². The molecule has 0 aliphatic heterocycles. The molecule has 0 atom stereocenters. The first-order valence-corrected chi connectivity index (χ1v) is 9.55. The zero-order chi connectivity index (χ0) is 20.9. The fourth-order valence-electron chi connectivity index (χ4n) is 3.26. The topological polar surface area (TPSA) is 79.9 Å². The Morgan fingerprint density at radius 3 is 2.73 bits per heavy atom. The molecular formula is C24H20N4O2. The summed E-state index contributed by atoms with van der Waals surface area (Å²) >= 11 is 0. The monoisotopic (exact) mass is 396 g/mol. The van der Waals surface area contributed by atoms with Crippen molar-refractivity contribution in [1.29, 1.82) is 5.26 Å². The second-order valence-corrected chi connectivity index (χ2v) is 6.84. The fraction of sp³-hybridized carbons (Fsp3) is 0.125. The normalized spacial score (nSPS) is 10.5. The van der Waals surface area contributed by atoms with E-state index in [-0.39, 0.29) is 12.5 Å².